The number of ether oxygens (including phenoxy) is 6. The number of amides is 1. The Bertz CT molecular complexity index is 2810. The van der Waals surface area contributed by atoms with Crippen LogP contribution in [0.4, 0.5) is 37.7 Å². The van der Waals surface area contributed by atoms with Crippen LogP contribution in [0.5, 0.6) is 46.3 Å². The number of benzene rings is 5. The monoisotopic (exact) mass is 980 g/mol. The lowest BCUT2D eigenvalue weighted by atomic mass is 10.1. The Labute approximate surface area is 404 Å². The number of alkyl halides is 6. The van der Waals surface area contributed by atoms with E-state index >= 15 is 0 Å². The van der Waals surface area contributed by atoms with E-state index in [0.29, 0.717) is 53.5 Å². The maximum atomic E-state index is 12.8. The van der Waals surface area contributed by atoms with Crippen molar-refractivity contribution in [3.05, 3.63) is 180 Å². The van der Waals surface area contributed by atoms with Crippen LogP contribution in [0.3, 0.4) is 0 Å². The third-order valence-corrected chi connectivity index (χ3v) is 11.0. The highest BCUT2D eigenvalue weighted by Gasteiger charge is 2.31. The van der Waals surface area contributed by atoms with Crippen LogP contribution in [0.1, 0.15) is 27.8 Å². The van der Waals surface area contributed by atoms with Gasteiger partial charge in [-0.2, -0.15) is 26.3 Å². The second-order valence-electron chi connectivity index (χ2n) is 16.1. The largest absolute Gasteiger partial charge is 0.489 e. The molecule has 13 nitrogen and oxygen atoms in total. The van der Waals surface area contributed by atoms with Crippen molar-refractivity contribution in [3.63, 3.8) is 0 Å². The van der Waals surface area contributed by atoms with E-state index < -0.39 is 23.5 Å². The summed E-state index contributed by atoms with van der Waals surface area (Å²) in [6, 6.07) is 36.1. The third-order valence-electron chi connectivity index (χ3n) is 11.0. The number of rotatable bonds is 15. The van der Waals surface area contributed by atoms with Crippen LogP contribution >= 0.6 is 0 Å². The van der Waals surface area contributed by atoms with Gasteiger partial charge in [-0.1, -0.05) is 6.07 Å². The summed E-state index contributed by atoms with van der Waals surface area (Å²) in [5.74, 6) is 4.25. The van der Waals surface area contributed by atoms with E-state index in [1.807, 2.05) is 35.2 Å². The quantitative estimate of drug-likeness (QED) is 0.0746. The zero-order chi connectivity index (χ0) is 49.8. The molecule has 71 heavy (non-hydrogen) atoms. The minimum atomic E-state index is -4.39. The number of pyridine rings is 2. The van der Waals surface area contributed by atoms with Crippen molar-refractivity contribution in [2.75, 3.05) is 50.6 Å². The number of aromatic nitrogens is 2. The highest BCUT2D eigenvalue weighted by Crippen LogP contribution is 2.34. The molecule has 0 bridgehead atoms. The molecule has 368 valence electrons. The Morgan fingerprint density at radius 3 is 1.55 bits per heavy atom. The zero-order valence-electron chi connectivity index (χ0n) is 37.8. The Hall–Kier alpha value is -8.19. The minimum absolute atomic E-state index is 0.0460. The van der Waals surface area contributed by atoms with Crippen molar-refractivity contribution in [1.29, 1.82) is 0 Å². The highest BCUT2D eigenvalue weighted by molar-refractivity contribution is 5.81. The van der Waals surface area contributed by atoms with Gasteiger partial charge >= 0.3 is 12.4 Å². The van der Waals surface area contributed by atoms with Crippen molar-refractivity contribution < 1.29 is 59.6 Å². The van der Waals surface area contributed by atoms with Gasteiger partial charge in [-0.25, -0.2) is 9.97 Å². The molecule has 0 aliphatic carbocycles. The molecule has 2 aliphatic heterocycles. The number of nitrogens with one attached hydrogen (secondary N) is 1. The molecule has 9 rings (SSSR count). The molecule has 7 aromatic rings. The highest BCUT2D eigenvalue weighted by atomic mass is 19.4. The lowest BCUT2D eigenvalue weighted by Crippen LogP contribution is -2.49. The number of nitrogens with two attached hydrogens (primary N) is 1. The predicted molar refractivity (Wildman–Crippen MR) is 250 cm³/mol. The van der Waals surface area contributed by atoms with Gasteiger partial charge in [0.05, 0.1) is 17.7 Å². The van der Waals surface area contributed by atoms with Crippen LogP contribution in [-0.4, -0.2) is 65.2 Å². The third kappa shape index (κ3) is 14.4. The first-order chi connectivity index (χ1) is 34.2. The van der Waals surface area contributed by atoms with Gasteiger partial charge < -0.3 is 44.4 Å². The number of hydrogen-bond acceptors (Lipinski definition) is 12. The molecule has 1 saturated heterocycles. The molecule has 0 radical (unpaired) electrons. The SMILES string of the molecule is Nc1ccc(Oc2ccc(COc3ccc(C(F)(F)F)cc3)cn2)cc1.O=C(CNc1ccc(Oc2ccc(COc3ccc(C(F)(F)F)cc3)cn2)cc1)N1CCN(Cc2ccc3c(c2)OCO3)CC1. The fourth-order valence-electron chi connectivity index (χ4n) is 7.09. The predicted octanol–water partition coefficient (Wildman–Crippen LogP) is 11.0. The number of fused-ring (bicyclic) bond motifs is 1. The lowest BCUT2D eigenvalue weighted by molar-refractivity contribution is -0.138. The van der Waals surface area contributed by atoms with Gasteiger partial charge in [-0.05, 0) is 127 Å². The van der Waals surface area contributed by atoms with Gasteiger partial charge in [0, 0.05) is 79.8 Å². The second-order valence-corrected chi connectivity index (χ2v) is 16.1. The van der Waals surface area contributed by atoms with Crippen molar-refractivity contribution in [2.24, 2.45) is 0 Å². The van der Waals surface area contributed by atoms with E-state index in [9.17, 15) is 31.1 Å². The van der Waals surface area contributed by atoms with Crippen LogP contribution in [0.25, 0.3) is 0 Å². The molecular weight excluding hydrogens is 935 g/mol. The smallest absolute Gasteiger partial charge is 0.416 e. The number of nitrogens with zero attached hydrogens (tertiary/aromatic N) is 4. The minimum Gasteiger partial charge on any atom is -0.489 e. The van der Waals surface area contributed by atoms with E-state index in [1.165, 1.54) is 24.3 Å². The molecule has 0 unspecified atom stereocenters. The first-order valence-corrected chi connectivity index (χ1v) is 22.1. The van der Waals surface area contributed by atoms with Gasteiger partial charge in [0.25, 0.3) is 0 Å². The van der Waals surface area contributed by atoms with Crippen LogP contribution in [0, 0.1) is 0 Å². The molecule has 0 saturated carbocycles. The summed E-state index contributed by atoms with van der Waals surface area (Å²) >= 11 is 0. The molecule has 0 atom stereocenters. The normalized spacial score (nSPS) is 13.4. The number of anilines is 2. The fourth-order valence-corrected chi connectivity index (χ4v) is 7.09. The summed E-state index contributed by atoms with van der Waals surface area (Å²) in [4.78, 5) is 25.5. The summed E-state index contributed by atoms with van der Waals surface area (Å²) in [5.41, 5.74) is 8.25. The number of carbonyl (C=O) groups excluding carboxylic acids is 1. The number of piperazine rings is 1. The number of hydrogen-bond donors (Lipinski definition) is 2. The van der Waals surface area contributed by atoms with E-state index in [4.69, 9.17) is 34.2 Å². The van der Waals surface area contributed by atoms with Crippen LogP contribution in [0.15, 0.2) is 152 Å². The van der Waals surface area contributed by atoms with E-state index in [1.54, 1.807) is 73.1 Å². The van der Waals surface area contributed by atoms with E-state index in [2.05, 4.69) is 20.2 Å². The summed E-state index contributed by atoms with van der Waals surface area (Å²) in [6.07, 6.45) is -5.58. The lowest BCUT2D eigenvalue weighted by Gasteiger charge is -2.35. The van der Waals surface area contributed by atoms with Gasteiger partial charge in [-0.15, -0.1) is 0 Å². The molecule has 0 spiro atoms. The summed E-state index contributed by atoms with van der Waals surface area (Å²) in [7, 11) is 0. The van der Waals surface area contributed by atoms with Crippen LogP contribution < -0.4 is 39.5 Å². The van der Waals surface area contributed by atoms with Gasteiger partial charge in [0.2, 0.25) is 24.5 Å². The Balaban J connectivity index is 0.000000221. The molecule has 1 fully saturated rings. The van der Waals surface area contributed by atoms with Crippen LogP contribution in [0.2, 0.25) is 0 Å². The zero-order valence-corrected chi connectivity index (χ0v) is 37.8. The van der Waals surface area contributed by atoms with Crippen LogP contribution in [-0.2, 0) is 36.9 Å². The molecular formula is C52H46F6N6O7. The maximum absolute atomic E-state index is 12.8. The Morgan fingerprint density at radius 1 is 0.577 bits per heavy atom. The molecule has 3 N–H and O–H groups in total. The second kappa shape index (κ2) is 22.5. The standard InChI is InChI=1S/C33H31F3N4O5.C19H15F3N2O2/c34-33(35,36)25-3-7-27(8-4-25)42-21-24-2-12-31(38-18-24)45-28-9-5-26(6-10-28)37-19-32(41)40-15-13-39(14-16-40)20-23-1-11-29-30(17-23)44-22-43-29;20-19(21,22)14-2-6-16(7-3-14)25-12-13-1-10-18(24-11-13)26-17-8-4-15(23)5-9-17/h1-12,17-18,37H,13-16,19-22H2;1-11H,12,23H2. The van der Waals surface area contributed by atoms with Gasteiger partial charge in [-0.3, -0.25) is 9.69 Å². The van der Waals surface area contributed by atoms with Crippen molar-refractivity contribution in [3.8, 4) is 46.3 Å². The first kappa shape index (κ1) is 49.2. The molecule has 1 amide bonds. The average molecular weight is 981 g/mol. The first-order valence-electron chi connectivity index (χ1n) is 22.1. The fraction of sp³-hybridized carbons (Fsp3) is 0.212. The Kier molecular flexibility index (Phi) is 15.6. The molecule has 2 aliphatic rings. The summed E-state index contributed by atoms with van der Waals surface area (Å²) in [6.45, 7) is 4.52. The summed E-state index contributed by atoms with van der Waals surface area (Å²) < 4.78 is 109. The van der Waals surface area contributed by atoms with Gasteiger partial charge in [0.15, 0.2) is 11.5 Å². The summed E-state index contributed by atoms with van der Waals surface area (Å²) in [5, 5.41) is 3.18. The number of carbonyl (C=O) groups is 1. The molecule has 2 aromatic heterocycles. The molecule has 5 aromatic carbocycles. The number of nitrogen functional groups attached to an aromatic ring is 1. The average Bonchev–Trinajstić information content (AvgIpc) is 3.85. The Morgan fingerprint density at radius 2 is 1.06 bits per heavy atom. The van der Waals surface area contributed by atoms with Gasteiger partial charge in [0.1, 0.15) is 36.2 Å². The van der Waals surface area contributed by atoms with Crippen molar-refractivity contribution >= 4 is 17.3 Å². The molecule has 4 heterocycles. The van der Waals surface area contributed by atoms with E-state index in [0.717, 1.165) is 77.8 Å². The van der Waals surface area contributed by atoms with Crippen molar-refractivity contribution in [2.45, 2.75) is 32.1 Å². The van der Waals surface area contributed by atoms with Crippen molar-refractivity contribution in [1.82, 2.24) is 19.8 Å². The van der Waals surface area contributed by atoms with E-state index in [-0.39, 0.29) is 32.5 Å². The maximum Gasteiger partial charge on any atom is 0.416 e. The topological polar surface area (TPSA) is 143 Å². The number of halogens is 6. The molecule has 19 heteroatoms.